The first-order valence-corrected chi connectivity index (χ1v) is 11.5. The molecule has 0 saturated carbocycles. The number of hydrogen-bond acceptors (Lipinski definition) is 4. The highest BCUT2D eigenvalue weighted by atomic mass is 16.5. The van der Waals surface area contributed by atoms with Crippen LogP contribution in [-0.2, 0) is 31.6 Å². The number of nitrogens with zero attached hydrogens (tertiary/aromatic N) is 1. The van der Waals surface area contributed by atoms with E-state index in [0.717, 1.165) is 5.56 Å². The first-order chi connectivity index (χ1) is 14.7. The molecule has 0 spiro atoms. The highest BCUT2D eigenvalue weighted by molar-refractivity contribution is 5.96. The maximum atomic E-state index is 12.7. The number of amides is 1. The number of carbonyl (C=O) groups is 3. The van der Waals surface area contributed by atoms with Crippen LogP contribution in [-0.4, -0.2) is 47.0 Å². The van der Waals surface area contributed by atoms with Gasteiger partial charge in [-0.05, 0) is 53.7 Å². The number of carboxylic acid groups (broad SMARTS) is 1. The van der Waals surface area contributed by atoms with Gasteiger partial charge < -0.3 is 14.7 Å². The number of carbonyl (C=O) groups excluding carboxylic acids is 2. The van der Waals surface area contributed by atoms with Crippen molar-refractivity contribution < 1.29 is 24.2 Å². The normalized spacial score (nSPS) is 19.5. The van der Waals surface area contributed by atoms with Gasteiger partial charge in [-0.2, -0.15) is 0 Å². The fourth-order valence-corrected chi connectivity index (χ4v) is 4.24. The van der Waals surface area contributed by atoms with Crippen molar-refractivity contribution in [1.29, 1.82) is 0 Å². The van der Waals surface area contributed by atoms with Crippen LogP contribution in [0.4, 0.5) is 4.79 Å². The summed E-state index contributed by atoms with van der Waals surface area (Å²) in [6.45, 7) is 15.3. The van der Waals surface area contributed by atoms with Crippen LogP contribution in [0.25, 0.3) is 0 Å². The number of hydrogen-bond donors (Lipinski definition) is 1. The number of esters is 1. The maximum Gasteiger partial charge on any atom is 0.407 e. The lowest BCUT2D eigenvalue weighted by Crippen LogP contribution is -2.48. The predicted molar refractivity (Wildman–Crippen MR) is 125 cm³/mol. The van der Waals surface area contributed by atoms with Gasteiger partial charge in [-0.25, -0.2) is 4.79 Å². The molecule has 1 fully saturated rings. The molecule has 0 aromatic heterocycles. The van der Waals surface area contributed by atoms with Gasteiger partial charge in [-0.3, -0.25) is 9.59 Å². The zero-order valence-corrected chi connectivity index (χ0v) is 20.7. The SMILES string of the molecule is CCOC(=O)CC(=O)[C@@H]1CCN(C(=O)O)[C@@H](Cc2cc(C(C)(C)C)cc(C(C)(C)C)c2)C1. The van der Waals surface area contributed by atoms with Crippen molar-refractivity contribution in [2.45, 2.75) is 91.0 Å². The van der Waals surface area contributed by atoms with Crippen LogP contribution in [0.15, 0.2) is 18.2 Å². The molecule has 0 unspecified atom stereocenters. The summed E-state index contributed by atoms with van der Waals surface area (Å²) in [6.07, 6.45) is 0.203. The van der Waals surface area contributed by atoms with Crippen LogP contribution in [0.5, 0.6) is 0 Å². The van der Waals surface area contributed by atoms with Gasteiger partial charge in [0.25, 0.3) is 0 Å². The summed E-state index contributed by atoms with van der Waals surface area (Å²) in [5.74, 6) is -0.993. The van der Waals surface area contributed by atoms with E-state index >= 15 is 0 Å². The van der Waals surface area contributed by atoms with E-state index in [2.05, 4.69) is 59.7 Å². The van der Waals surface area contributed by atoms with E-state index < -0.39 is 12.1 Å². The Balaban J connectivity index is 2.31. The van der Waals surface area contributed by atoms with E-state index in [9.17, 15) is 19.5 Å². The Morgan fingerprint density at radius 2 is 1.59 bits per heavy atom. The highest BCUT2D eigenvalue weighted by Gasteiger charge is 2.35. The number of rotatable bonds is 6. The molecule has 1 aliphatic heterocycles. The van der Waals surface area contributed by atoms with Crippen molar-refractivity contribution in [2.24, 2.45) is 5.92 Å². The molecular formula is C26H39NO5. The number of Topliss-reactive ketones (excluding diaryl/α,β-unsaturated/α-hetero) is 1. The Morgan fingerprint density at radius 3 is 2.06 bits per heavy atom. The molecule has 178 valence electrons. The molecule has 2 atom stereocenters. The molecule has 1 aromatic carbocycles. The van der Waals surface area contributed by atoms with Crippen molar-refractivity contribution >= 4 is 17.8 Å². The zero-order valence-electron chi connectivity index (χ0n) is 20.7. The van der Waals surface area contributed by atoms with Gasteiger partial charge in [-0.15, -0.1) is 0 Å². The lowest BCUT2D eigenvalue weighted by molar-refractivity contribution is -0.146. The fourth-order valence-electron chi connectivity index (χ4n) is 4.24. The molecule has 6 nitrogen and oxygen atoms in total. The summed E-state index contributed by atoms with van der Waals surface area (Å²) < 4.78 is 4.91. The van der Waals surface area contributed by atoms with Crippen molar-refractivity contribution in [3.8, 4) is 0 Å². The van der Waals surface area contributed by atoms with Gasteiger partial charge in [0.15, 0.2) is 0 Å². The minimum Gasteiger partial charge on any atom is -0.466 e. The molecule has 2 rings (SSSR count). The summed E-state index contributed by atoms with van der Waals surface area (Å²) in [7, 11) is 0. The first kappa shape index (κ1) is 25.9. The minimum absolute atomic E-state index is 0.0345. The number of benzene rings is 1. The molecule has 1 aliphatic rings. The Morgan fingerprint density at radius 1 is 1.03 bits per heavy atom. The quantitative estimate of drug-likeness (QED) is 0.486. The van der Waals surface area contributed by atoms with Crippen LogP contribution in [0, 0.1) is 5.92 Å². The smallest absolute Gasteiger partial charge is 0.407 e. The van der Waals surface area contributed by atoms with E-state index in [4.69, 9.17) is 4.74 Å². The molecule has 32 heavy (non-hydrogen) atoms. The molecule has 6 heteroatoms. The van der Waals surface area contributed by atoms with Gasteiger partial charge in [0, 0.05) is 18.5 Å². The van der Waals surface area contributed by atoms with E-state index in [1.807, 2.05) is 0 Å². The maximum absolute atomic E-state index is 12.7. The second kappa shape index (κ2) is 10.1. The second-order valence-electron chi connectivity index (χ2n) is 10.9. The van der Waals surface area contributed by atoms with Crippen molar-refractivity contribution in [3.63, 3.8) is 0 Å². The van der Waals surface area contributed by atoms with Crippen LogP contribution < -0.4 is 0 Å². The van der Waals surface area contributed by atoms with Gasteiger partial charge in [0.2, 0.25) is 0 Å². The van der Waals surface area contributed by atoms with Crippen LogP contribution in [0.3, 0.4) is 0 Å². The third kappa shape index (κ3) is 6.81. The van der Waals surface area contributed by atoms with E-state index in [1.165, 1.54) is 16.0 Å². The topological polar surface area (TPSA) is 83.9 Å². The fraction of sp³-hybridized carbons (Fsp3) is 0.654. The molecule has 1 N–H and O–H groups in total. The lowest BCUT2D eigenvalue weighted by atomic mass is 9.78. The number of likely N-dealkylation sites (tertiary alicyclic amines) is 1. The highest BCUT2D eigenvalue weighted by Crippen LogP contribution is 2.33. The lowest BCUT2D eigenvalue weighted by Gasteiger charge is -2.37. The number of ether oxygens (including phenoxy) is 1. The van der Waals surface area contributed by atoms with Crippen molar-refractivity contribution in [2.75, 3.05) is 13.2 Å². The summed E-state index contributed by atoms with van der Waals surface area (Å²) >= 11 is 0. The van der Waals surface area contributed by atoms with Crippen LogP contribution in [0.2, 0.25) is 0 Å². The van der Waals surface area contributed by atoms with E-state index in [0.29, 0.717) is 25.8 Å². The van der Waals surface area contributed by atoms with Crippen molar-refractivity contribution in [3.05, 3.63) is 34.9 Å². The molecule has 0 aliphatic carbocycles. The third-order valence-corrected chi connectivity index (χ3v) is 6.24. The van der Waals surface area contributed by atoms with Gasteiger partial charge >= 0.3 is 12.1 Å². The van der Waals surface area contributed by atoms with Crippen molar-refractivity contribution in [1.82, 2.24) is 4.90 Å². The molecule has 1 amide bonds. The molecule has 1 heterocycles. The summed E-state index contributed by atoms with van der Waals surface area (Å²) in [5.41, 5.74) is 3.44. The van der Waals surface area contributed by atoms with Gasteiger partial charge in [0.05, 0.1) is 6.61 Å². The number of ketones is 1. The standard InChI is InChI=1S/C26H39NO5/c1-8-32-23(29)16-22(28)18-9-10-27(24(30)31)21(14-18)13-17-11-19(25(2,3)4)15-20(12-17)26(5,6)7/h11-12,15,18,21H,8-10,13-14,16H2,1-7H3,(H,30,31)/t18-,21+/m1/s1. The predicted octanol–water partition coefficient (Wildman–Crippen LogP) is 5.11. The Labute approximate surface area is 192 Å². The summed E-state index contributed by atoms with van der Waals surface area (Å²) in [4.78, 5) is 37.8. The zero-order chi connectivity index (χ0) is 24.3. The minimum atomic E-state index is -0.964. The summed E-state index contributed by atoms with van der Waals surface area (Å²) in [5, 5.41) is 9.76. The van der Waals surface area contributed by atoms with E-state index in [1.54, 1.807) is 6.92 Å². The molecule has 1 saturated heterocycles. The Kier molecular flexibility index (Phi) is 8.13. The molecule has 0 radical (unpaired) electrons. The van der Waals surface area contributed by atoms with E-state index in [-0.39, 0.29) is 41.6 Å². The second-order valence-corrected chi connectivity index (χ2v) is 10.9. The Bertz CT molecular complexity index is 815. The average Bonchev–Trinajstić information content (AvgIpc) is 2.66. The van der Waals surface area contributed by atoms with Crippen LogP contribution in [0.1, 0.15) is 84.4 Å². The Hall–Kier alpha value is -2.37. The molecule has 0 bridgehead atoms. The largest absolute Gasteiger partial charge is 0.466 e. The summed E-state index contributed by atoms with van der Waals surface area (Å²) in [6, 6.07) is 6.27. The van der Waals surface area contributed by atoms with Gasteiger partial charge in [0.1, 0.15) is 12.2 Å². The third-order valence-electron chi connectivity index (χ3n) is 6.24. The van der Waals surface area contributed by atoms with Crippen LogP contribution >= 0.6 is 0 Å². The average molecular weight is 446 g/mol. The first-order valence-electron chi connectivity index (χ1n) is 11.5. The molecular weight excluding hydrogens is 406 g/mol. The molecule has 1 aromatic rings. The number of piperidine rings is 1. The van der Waals surface area contributed by atoms with Gasteiger partial charge in [-0.1, -0.05) is 59.7 Å². The monoisotopic (exact) mass is 445 g/mol.